The summed E-state index contributed by atoms with van der Waals surface area (Å²) in [6.45, 7) is 2.91. The van der Waals surface area contributed by atoms with Crippen LogP contribution in [-0.2, 0) is 11.3 Å². The molecule has 0 saturated carbocycles. The van der Waals surface area contributed by atoms with Crippen molar-refractivity contribution in [1.82, 2.24) is 4.90 Å². The van der Waals surface area contributed by atoms with E-state index in [9.17, 15) is 9.90 Å². The average Bonchev–Trinajstić information content (AvgIpc) is 2.42. The minimum atomic E-state index is -0.679. The zero-order chi connectivity index (χ0) is 14.6. The van der Waals surface area contributed by atoms with E-state index in [4.69, 9.17) is 10.5 Å². The number of primary amides is 1. The van der Waals surface area contributed by atoms with Crippen LogP contribution in [0, 0.1) is 0 Å². The maximum atomic E-state index is 11.0. The summed E-state index contributed by atoms with van der Waals surface area (Å²) in [6.07, 6.45) is 1.44. The van der Waals surface area contributed by atoms with Crippen molar-refractivity contribution in [2.24, 2.45) is 5.73 Å². The summed E-state index contributed by atoms with van der Waals surface area (Å²) in [5, 5.41) is 10.2. The molecule has 0 unspecified atom stereocenters. The number of rotatable bonds is 5. The van der Waals surface area contributed by atoms with Gasteiger partial charge >= 0.3 is 0 Å². The number of benzene rings is 1. The Labute approximate surface area is 119 Å². The molecule has 5 heteroatoms. The largest absolute Gasteiger partial charge is 0.387 e. The summed E-state index contributed by atoms with van der Waals surface area (Å²) in [6, 6.07) is 7.36. The maximum absolute atomic E-state index is 11.0. The number of carbonyl (C=O) groups excluding carboxylic acids is 1. The summed E-state index contributed by atoms with van der Waals surface area (Å²) in [5.74, 6) is -0.404. The molecular formula is C15H22N2O3. The SMILES string of the molecule is COCC1(O)CCN(Cc2ccc(C(N)=O)cc2)CC1. The second kappa shape index (κ2) is 6.35. The van der Waals surface area contributed by atoms with Crippen molar-refractivity contribution in [3.63, 3.8) is 0 Å². The van der Waals surface area contributed by atoms with Gasteiger partial charge in [0.05, 0.1) is 12.2 Å². The van der Waals surface area contributed by atoms with Crippen LogP contribution in [0.2, 0.25) is 0 Å². The lowest BCUT2D eigenvalue weighted by atomic mass is 9.92. The molecule has 20 heavy (non-hydrogen) atoms. The number of nitrogens with two attached hydrogens (primary N) is 1. The molecule has 0 atom stereocenters. The third kappa shape index (κ3) is 3.79. The standard InChI is InChI=1S/C15H22N2O3/c1-20-11-15(19)6-8-17(9-7-15)10-12-2-4-13(5-3-12)14(16)18/h2-5,19H,6-11H2,1H3,(H2,16,18). The number of aliphatic hydroxyl groups is 1. The monoisotopic (exact) mass is 278 g/mol. The lowest BCUT2D eigenvalue weighted by molar-refractivity contribution is -0.0719. The van der Waals surface area contributed by atoms with Crippen LogP contribution in [0.3, 0.4) is 0 Å². The lowest BCUT2D eigenvalue weighted by Gasteiger charge is -2.37. The van der Waals surface area contributed by atoms with E-state index in [-0.39, 0.29) is 0 Å². The Hall–Kier alpha value is -1.43. The fourth-order valence-electron chi connectivity index (χ4n) is 2.57. The first kappa shape index (κ1) is 15.0. The van der Waals surface area contributed by atoms with Crippen molar-refractivity contribution < 1.29 is 14.6 Å². The van der Waals surface area contributed by atoms with Gasteiger partial charge in [-0.15, -0.1) is 0 Å². The molecule has 1 aliphatic heterocycles. The van der Waals surface area contributed by atoms with Crippen LogP contribution < -0.4 is 5.73 Å². The Morgan fingerprint density at radius 1 is 1.35 bits per heavy atom. The van der Waals surface area contributed by atoms with E-state index in [0.717, 1.165) is 38.0 Å². The second-order valence-corrected chi connectivity index (χ2v) is 5.49. The van der Waals surface area contributed by atoms with Crippen molar-refractivity contribution in [2.75, 3.05) is 26.8 Å². The van der Waals surface area contributed by atoms with E-state index < -0.39 is 11.5 Å². The molecule has 1 saturated heterocycles. The second-order valence-electron chi connectivity index (χ2n) is 5.49. The molecule has 0 bridgehead atoms. The van der Waals surface area contributed by atoms with E-state index in [2.05, 4.69) is 4.90 Å². The highest BCUT2D eigenvalue weighted by molar-refractivity contribution is 5.92. The molecule has 1 heterocycles. The van der Waals surface area contributed by atoms with Gasteiger partial charge in [-0.3, -0.25) is 9.69 Å². The number of methoxy groups -OCH3 is 1. The molecular weight excluding hydrogens is 256 g/mol. The Balaban J connectivity index is 1.87. The van der Waals surface area contributed by atoms with Gasteiger partial charge in [0.1, 0.15) is 0 Å². The Bertz CT molecular complexity index is 451. The van der Waals surface area contributed by atoms with Gasteiger partial charge in [0.2, 0.25) is 5.91 Å². The van der Waals surface area contributed by atoms with E-state index in [0.29, 0.717) is 12.2 Å². The summed E-state index contributed by atoms with van der Waals surface area (Å²) in [7, 11) is 1.62. The first-order chi connectivity index (χ1) is 9.52. The Morgan fingerprint density at radius 2 is 1.95 bits per heavy atom. The lowest BCUT2D eigenvalue weighted by Crippen LogP contribution is -2.46. The number of ether oxygens (including phenoxy) is 1. The maximum Gasteiger partial charge on any atom is 0.248 e. The first-order valence-corrected chi connectivity index (χ1v) is 6.85. The molecule has 0 aliphatic carbocycles. The van der Waals surface area contributed by atoms with E-state index >= 15 is 0 Å². The van der Waals surface area contributed by atoms with Gasteiger partial charge in [0.15, 0.2) is 0 Å². The molecule has 2 rings (SSSR count). The summed E-state index contributed by atoms with van der Waals surface area (Å²) < 4.78 is 5.06. The molecule has 3 N–H and O–H groups in total. The van der Waals surface area contributed by atoms with Gasteiger partial charge < -0.3 is 15.6 Å². The highest BCUT2D eigenvalue weighted by Gasteiger charge is 2.32. The summed E-state index contributed by atoms with van der Waals surface area (Å²) in [4.78, 5) is 13.3. The number of nitrogens with zero attached hydrogens (tertiary/aromatic N) is 1. The number of hydrogen-bond donors (Lipinski definition) is 2. The van der Waals surface area contributed by atoms with E-state index in [1.165, 1.54) is 0 Å². The van der Waals surface area contributed by atoms with Gasteiger partial charge in [0, 0.05) is 32.3 Å². The van der Waals surface area contributed by atoms with E-state index in [1.54, 1.807) is 19.2 Å². The quantitative estimate of drug-likeness (QED) is 0.833. The van der Waals surface area contributed by atoms with Crippen molar-refractivity contribution in [3.8, 4) is 0 Å². The third-order valence-corrected chi connectivity index (χ3v) is 3.84. The number of hydrogen-bond acceptors (Lipinski definition) is 4. The van der Waals surface area contributed by atoms with Crippen LogP contribution in [-0.4, -0.2) is 48.3 Å². The zero-order valence-corrected chi connectivity index (χ0v) is 11.8. The highest BCUT2D eigenvalue weighted by Crippen LogP contribution is 2.23. The average molecular weight is 278 g/mol. The van der Waals surface area contributed by atoms with Gasteiger partial charge in [-0.1, -0.05) is 12.1 Å². The molecule has 0 aromatic heterocycles. The number of carbonyl (C=O) groups is 1. The van der Waals surface area contributed by atoms with Crippen LogP contribution in [0.5, 0.6) is 0 Å². The molecule has 1 amide bonds. The van der Waals surface area contributed by atoms with Gasteiger partial charge in [0.25, 0.3) is 0 Å². The van der Waals surface area contributed by atoms with Gasteiger partial charge in [-0.25, -0.2) is 0 Å². The Morgan fingerprint density at radius 3 is 2.45 bits per heavy atom. The van der Waals surface area contributed by atoms with E-state index in [1.807, 2.05) is 12.1 Å². The summed E-state index contributed by atoms with van der Waals surface area (Å²) in [5.41, 5.74) is 6.21. The fourth-order valence-corrected chi connectivity index (χ4v) is 2.57. The minimum absolute atomic E-state index is 0.397. The topological polar surface area (TPSA) is 75.8 Å². The molecule has 1 aromatic rings. The van der Waals surface area contributed by atoms with Crippen LogP contribution in [0.15, 0.2) is 24.3 Å². The van der Waals surface area contributed by atoms with Crippen molar-refractivity contribution >= 4 is 5.91 Å². The molecule has 1 aliphatic rings. The smallest absolute Gasteiger partial charge is 0.248 e. The Kier molecular flexibility index (Phi) is 4.75. The fraction of sp³-hybridized carbons (Fsp3) is 0.533. The molecule has 5 nitrogen and oxygen atoms in total. The van der Waals surface area contributed by atoms with Crippen molar-refractivity contribution in [2.45, 2.75) is 25.0 Å². The molecule has 0 spiro atoms. The molecule has 1 fully saturated rings. The third-order valence-electron chi connectivity index (χ3n) is 3.84. The van der Waals surface area contributed by atoms with Gasteiger partial charge in [-0.2, -0.15) is 0 Å². The predicted octanol–water partition coefficient (Wildman–Crippen LogP) is 0.759. The highest BCUT2D eigenvalue weighted by atomic mass is 16.5. The first-order valence-electron chi connectivity index (χ1n) is 6.85. The van der Waals surface area contributed by atoms with Crippen LogP contribution in [0.4, 0.5) is 0 Å². The van der Waals surface area contributed by atoms with Gasteiger partial charge in [-0.05, 0) is 30.5 Å². The van der Waals surface area contributed by atoms with Crippen molar-refractivity contribution in [3.05, 3.63) is 35.4 Å². The number of likely N-dealkylation sites (tertiary alicyclic amines) is 1. The van der Waals surface area contributed by atoms with Crippen LogP contribution in [0.25, 0.3) is 0 Å². The van der Waals surface area contributed by atoms with Crippen LogP contribution in [0.1, 0.15) is 28.8 Å². The van der Waals surface area contributed by atoms with Crippen molar-refractivity contribution in [1.29, 1.82) is 0 Å². The predicted molar refractivity (Wildman–Crippen MR) is 76.3 cm³/mol. The normalized spacial score (nSPS) is 18.9. The minimum Gasteiger partial charge on any atom is -0.387 e. The number of piperidine rings is 1. The number of amides is 1. The van der Waals surface area contributed by atoms with Crippen LogP contribution >= 0.6 is 0 Å². The molecule has 0 radical (unpaired) electrons. The molecule has 110 valence electrons. The summed E-state index contributed by atoms with van der Waals surface area (Å²) >= 11 is 0. The zero-order valence-electron chi connectivity index (χ0n) is 11.8. The molecule has 1 aromatic carbocycles.